The Labute approximate surface area is 121 Å². The van der Waals surface area contributed by atoms with Crippen molar-refractivity contribution in [3.05, 3.63) is 27.7 Å². The monoisotopic (exact) mass is 332 g/mol. The molecule has 0 amide bonds. The summed E-state index contributed by atoms with van der Waals surface area (Å²) in [7, 11) is 0. The third-order valence-corrected chi connectivity index (χ3v) is 3.96. The van der Waals surface area contributed by atoms with Crippen LogP contribution in [0.2, 0.25) is 5.02 Å². The Morgan fingerprint density at radius 3 is 3.06 bits per heavy atom. The van der Waals surface area contributed by atoms with E-state index in [1.165, 1.54) is 6.42 Å². The molecular formula is C13H18BrClN2O. The van der Waals surface area contributed by atoms with Crippen molar-refractivity contribution in [1.29, 1.82) is 0 Å². The zero-order chi connectivity index (χ0) is 13.0. The molecule has 0 bridgehead atoms. The van der Waals surface area contributed by atoms with Gasteiger partial charge >= 0.3 is 0 Å². The first-order valence-electron chi connectivity index (χ1n) is 6.21. The number of likely N-dealkylation sites (tertiary alicyclic amines) is 1. The number of benzene rings is 1. The molecule has 0 aromatic heterocycles. The van der Waals surface area contributed by atoms with E-state index in [-0.39, 0.29) is 0 Å². The summed E-state index contributed by atoms with van der Waals surface area (Å²) in [5, 5.41) is 0.705. The van der Waals surface area contributed by atoms with Crippen molar-refractivity contribution in [3.8, 4) is 5.75 Å². The standard InChI is InChI=1S/C13H18BrClN2O/c14-12-8-10(15)3-4-13(12)18-7-6-17-5-1-2-11(16)9-17/h3-4,8,11H,1-2,5-7,9,16H2. The van der Waals surface area contributed by atoms with E-state index in [0.29, 0.717) is 17.7 Å². The maximum atomic E-state index is 5.94. The minimum Gasteiger partial charge on any atom is -0.491 e. The Kier molecular flexibility index (Phi) is 5.30. The lowest BCUT2D eigenvalue weighted by Crippen LogP contribution is -2.44. The van der Waals surface area contributed by atoms with Crippen LogP contribution in [0.3, 0.4) is 0 Å². The molecule has 1 unspecified atom stereocenters. The lowest BCUT2D eigenvalue weighted by atomic mass is 10.1. The first-order valence-corrected chi connectivity index (χ1v) is 7.38. The van der Waals surface area contributed by atoms with Crippen LogP contribution in [0.25, 0.3) is 0 Å². The maximum absolute atomic E-state index is 5.94. The molecule has 2 N–H and O–H groups in total. The highest BCUT2D eigenvalue weighted by molar-refractivity contribution is 9.10. The van der Waals surface area contributed by atoms with Gasteiger partial charge in [-0.3, -0.25) is 4.90 Å². The molecular weight excluding hydrogens is 316 g/mol. The summed E-state index contributed by atoms with van der Waals surface area (Å²) >= 11 is 9.32. The highest BCUT2D eigenvalue weighted by Gasteiger charge is 2.16. The largest absolute Gasteiger partial charge is 0.491 e. The molecule has 1 saturated heterocycles. The normalized spacial score (nSPS) is 20.9. The predicted molar refractivity (Wildman–Crippen MR) is 78.3 cm³/mol. The van der Waals surface area contributed by atoms with Crippen LogP contribution in [0.4, 0.5) is 0 Å². The van der Waals surface area contributed by atoms with Crippen LogP contribution in [0.1, 0.15) is 12.8 Å². The first-order chi connectivity index (χ1) is 8.65. The molecule has 0 aliphatic carbocycles. The van der Waals surface area contributed by atoms with E-state index < -0.39 is 0 Å². The lowest BCUT2D eigenvalue weighted by molar-refractivity contribution is 0.171. The SMILES string of the molecule is NC1CCCN(CCOc2ccc(Cl)cc2Br)C1. The van der Waals surface area contributed by atoms with E-state index in [4.69, 9.17) is 22.1 Å². The Morgan fingerprint density at radius 1 is 1.50 bits per heavy atom. The number of halogens is 2. The van der Waals surface area contributed by atoms with E-state index in [2.05, 4.69) is 20.8 Å². The third-order valence-electron chi connectivity index (χ3n) is 3.10. The van der Waals surface area contributed by atoms with Crippen LogP contribution in [0.5, 0.6) is 5.75 Å². The van der Waals surface area contributed by atoms with Crippen molar-refractivity contribution in [3.63, 3.8) is 0 Å². The van der Waals surface area contributed by atoms with E-state index in [9.17, 15) is 0 Å². The highest BCUT2D eigenvalue weighted by Crippen LogP contribution is 2.27. The van der Waals surface area contributed by atoms with E-state index in [1.807, 2.05) is 18.2 Å². The molecule has 5 heteroatoms. The molecule has 1 fully saturated rings. The van der Waals surface area contributed by atoms with Crippen LogP contribution in [-0.2, 0) is 0 Å². The number of hydrogen-bond donors (Lipinski definition) is 1. The predicted octanol–water partition coefficient (Wildman–Crippen LogP) is 2.90. The van der Waals surface area contributed by atoms with Crippen LogP contribution in [-0.4, -0.2) is 37.2 Å². The fraction of sp³-hybridized carbons (Fsp3) is 0.538. The van der Waals surface area contributed by atoms with Gasteiger partial charge in [0.05, 0.1) is 4.47 Å². The zero-order valence-corrected chi connectivity index (χ0v) is 12.6. The molecule has 18 heavy (non-hydrogen) atoms. The Bertz CT molecular complexity index is 403. The quantitative estimate of drug-likeness (QED) is 0.921. The van der Waals surface area contributed by atoms with Crippen LogP contribution in [0, 0.1) is 0 Å². The second-order valence-electron chi connectivity index (χ2n) is 4.63. The van der Waals surface area contributed by atoms with Gasteiger partial charge in [0.2, 0.25) is 0 Å². The summed E-state index contributed by atoms with van der Waals surface area (Å²) in [5.41, 5.74) is 5.94. The summed E-state index contributed by atoms with van der Waals surface area (Å²) in [6.45, 7) is 3.69. The summed E-state index contributed by atoms with van der Waals surface area (Å²) < 4.78 is 6.64. The molecule has 1 aromatic rings. The van der Waals surface area contributed by atoms with Gasteiger partial charge in [-0.15, -0.1) is 0 Å². The summed E-state index contributed by atoms with van der Waals surface area (Å²) in [6, 6.07) is 5.88. The minimum absolute atomic E-state index is 0.320. The van der Waals surface area contributed by atoms with Gasteiger partial charge in [-0.25, -0.2) is 0 Å². The van der Waals surface area contributed by atoms with Crippen molar-refractivity contribution in [2.45, 2.75) is 18.9 Å². The zero-order valence-electron chi connectivity index (χ0n) is 10.2. The summed E-state index contributed by atoms with van der Waals surface area (Å²) in [5.74, 6) is 0.834. The van der Waals surface area contributed by atoms with Crippen molar-refractivity contribution in [1.82, 2.24) is 4.90 Å². The third kappa shape index (κ3) is 4.12. The number of nitrogens with two attached hydrogens (primary N) is 1. The van der Waals surface area contributed by atoms with Crippen molar-refractivity contribution >= 4 is 27.5 Å². The van der Waals surface area contributed by atoms with Gasteiger partial charge in [0.25, 0.3) is 0 Å². The number of hydrogen-bond acceptors (Lipinski definition) is 3. The van der Waals surface area contributed by atoms with Crippen LogP contribution >= 0.6 is 27.5 Å². The lowest BCUT2D eigenvalue weighted by Gasteiger charge is -2.30. The maximum Gasteiger partial charge on any atom is 0.133 e. The Morgan fingerprint density at radius 2 is 2.33 bits per heavy atom. The molecule has 3 nitrogen and oxygen atoms in total. The Balaban J connectivity index is 1.77. The van der Waals surface area contributed by atoms with E-state index in [0.717, 1.165) is 36.3 Å². The summed E-state index contributed by atoms with van der Waals surface area (Å²) in [6.07, 6.45) is 2.33. The Hall–Kier alpha value is -0.290. The molecule has 0 radical (unpaired) electrons. The molecule has 2 rings (SSSR count). The van der Waals surface area contributed by atoms with Gasteiger partial charge in [0.15, 0.2) is 0 Å². The molecule has 1 aliphatic rings. The van der Waals surface area contributed by atoms with Crippen LogP contribution in [0.15, 0.2) is 22.7 Å². The first kappa shape index (κ1) is 14.1. The van der Waals surface area contributed by atoms with Crippen molar-refractivity contribution in [2.75, 3.05) is 26.2 Å². The van der Waals surface area contributed by atoms with Crippen LogP contribution < -0.4 is 10.5 Å². The van der Waals surface area contributed by atoms with Gasteiger partial charge < -0.3 is 10.5 Å². The average molecular weight is 334 g/mol. The molecule has 1 heterocycles. The average Bonchev–Trinajstić information content (AvgIpc) is 2.32. The molecule has 1 atom stereocenters. The van der Waals surface area contributed by atoms with E-state index >= 15 is 0 Å². The molecule has 0 spiro atoms. The highest BCUT2D eigenvalue weighted by atomic mass is 79.9. The molecule has 1 aromatic carbocycles. The smallest absolute Gasteiger partial charge is 0.133 e. The minimum atomic E-state index is 0.320. The van der Waals surface area contributed by atoms with E-state index in [1.54, 1.807) is 0 Å². The molecule has 100 valence electrons. The fourth-order valence-corrected chi connectivity index (χ4v) is 2.97. The summed E-state index contributed by atoms with van der Waals surface area (Å²) in [4.78, 5) is 2.36. The topological polar surface area (TPSA) is 38.5 Å². The fourth-order valence-electron chi connectivity index (χ4n) is 2.17. The van der Waals surface area contributed by atoms with Gasteiger partial charge in [-0.1, -0.05) is 11.6 Å². The number of rotatable bonds is 4. The number of piperidine rings is 1. The van der Waals surface area contributed by atoms with Gasteiger partial charge in [0.1, 0.15) is 12.4 Å². The number of nitrogens with zero attached hydrogens (tertiary/aromatic N) is 1. The van der Waals surface area contributed by atoms with Gasteiger partial charge in [-0.2, -0.15) is 0 Å². The second-order valence-corrected chi connectivity index (χ2v) is 5.92. The van der Waals surface area contributed by atoms with Gasteiger partial charge in [-0.05, 0) is 53.5 Å². The second kappa shape index (κ2) is 6.75. The van der Waals surface area contributed by atoms with Crippen molar-refractivity contribution in [2.24, 2.45) is 5.73 Å². The van der Waals surface area contributed by atoms with Gasteiger partial charge in [0, 0.05) is 24.2 Å². The molecule has 1 aliphatic heterocycles. The number of ether oxygens (including phenoxy) is 1. The molecule has 0 saturated carbocycles. The van der Waals surface area contributed by atoms with Crippen molar-refractivity contribution < 1.29 is 4.74 Å².